The van der Waals surface area contributed by atoms with Crippen molar-refractivity contribution in [2.75, 3.05) is 39.8 Å². The third-order valence-corrected chi connectivity index (χ3v) is 4.47. The van der Waals surface area contributed by atoms with Gasteiger partial charge in [0.15, 0.2) is 0 Å². The number of aliphatic hydroxyl groups excluding tert-OH is 1. The Bertz CT molecular complexity index is 393. The summed E-state index contributed by atoms with van der Waals surface area (Å²) < 4.78 is 0.982. The van der Waals surface area contributed by atoms with Gasteiger partial charge < -0.3 is 14.9 Å². The summed E-state index contributed by atoms with van der Waals surface area (Å²) in [7, 11) is 2.08. The summed E-state index contributed by atoms with van der Waals surface area (Å²) in [5, 5.41) is 10.3. The van der Waals surface area contributed by atoms with Crippen LogP contribution < -0.4 is 0 Å². The SMILES string of the molecule is CN(CCN1CCCC1)CC(O)c1ccccc1Br. The van der Waals surface area contributed by atoms with Crippen molar-refractivity contribution in [3.8, 4) is 0 Å². The number of hydrogen-bond donors (Lipinski definition) is 1. The molecule has 106 valence electrons. The minimum atomic E-state index is -0.431. The van der Waals surface area contributed by atoms with E-state index >= 15 is 0 Å². The number of hydrogen-bond acceptors (Lipinski definition) is 3. The first kappa shape index (κ1) is 15.0. The first-order chi connectivity index (χ1) is 9.16. The quantitative estimate of drug-likeness (QED) is 0.870. The Morgan fingerprint density at radius 3 is 2.68 bits per heavy atom. The zero-order valence-corrected chi connectivity index (χ0v) is 13.1. The monoisotopic (exact) mass is 326 g/mol. The molecule has 1 aromatic rings. The van der Waals surface area contributed by atoms with Gasteiger partial charge >= 0.3 is 0 Å². The first-order valence-corrected chi connectivity index (χ1v) is 7.79. The lowest BCUT2D eigenvalue weighted by molar-refractivity contribution is 0.120. The van der Waals surface area contributed by atoms with Crippen LogP contribution in [0.3, 0.4) is 0 Å². The predicted octanol–water partition coefficient (Wildman–Crippen LogP) is 2.51. The van der Waals surface area contributed by atoms with Gasteiger partial charge in [-0.2, -0.15) is 0 Å². The minimum absolute atomic E-state index is 0.431. The third kappa shape index (κ3) is 4.56. The highest BCUT2D eigenvalue weighted by atomic mass is 79.9. The number of likely N-dealkylation sites (tertiary alicyclic amines) is 1. The van der Waals surface area contributed by atoms with Crippen LogP contribution in [0, 0.1) is 0 Å². The average molecular weight is 327 g/mol. The van der Waals surface area contributed by atoms with Gasteiger partial charge in [0.1, 0.15) is 0 Å². The summed E-state index contributed by atoms with van der Waals surface area (Å²) >= 11 is 3.49. The summed E-state index contributed by atoms with van der Waals surface area (Å²) in [6.45, 7) is 5.28. The normalized spacial score (nSPS) is 18.1. The Hall–Kier alpha value is -0.420. The van der Waals surface area contributed by atoms with E-state index in [2.05, 4.69) is 32.8 Å². The molecule has 0 bridgehead atoms. The first-order valence-electron chi connectivity index (χ1n) is 7.00. The van der Waals surface area contributed by atoms with Crippen LogP contribution in [0.5, 0.6) is 0 Å². The van der Waals surface area contributed by atoms with Crippen molar-refractivity contribution in [1.82, 2.24) is 9.80 Å². The van der Waals surface area contributed by atoms with E-state index in [0.717, 1.165) is 23.1 Å². The maximum absolute atomic E-state index is 10.3. The molecule has 1 N–H and O–H groups in total. The van der Waals surface area contributed by atoms with Crippen molar-refractivity contribution in [3.63, 3.8) is 0 Å². The van der Waals surface area contributed by atoms with Crippen LogP contribution in [-0.4, -0.2) is 54.7 Å². The van der Waals surface area contributed by atoms with Crippen molar-refractivity contribution >= 4 is 15.9 Å². The van der Waals surface area contributed by atoms with Gasteiger partial charge in [-0.15, -0.1) is 0 Å². The van der Waals surface area contributed by atoms with Gasteiger partial charge in [-0.1, -0.05) is 34.1 Å². The van der Waals surface area contributed by atoms with Crippen molar-refractivity contribution in [1.29, 1.82) is 0 Å². The van der Waals surface area contributed by atoms with Crippen molar-refractivity contribution < 1.29 is 5.11 Å². The second kappa shape index (κ2) is 7.39. The van der Waals surface area contributed by atoms with Crippen LogP contribution >= 0.6 is 15.9 Å². The highest BCUT2D eigenvalue weighted by Gasteiger charge is 2.15. The van der Waals surface area contributed by atoms with Gasteiger partial charge in [-0.3, -0.25) is 0 Å². The summed E-state index contributed by atoms with van der Waals surface area (Å²) in [4.78, 5) is 4.71. The van der Waals surface area contributed by atoms with Gasteiger partial charge in [0.2, 0.25) is 0 Å². The summed E-state index contributed by atoms with van der Waals surface area (Å²) in [5.41, 5.74) is 0.968. The molecule has 0 radical (unpaired) electrons. The molecular weight excluding hydrogens is 304 g/mol. The van der Waals surface area contributed by atoms with E-state index in [-0.39, 0.29) is 0 Å². The molecule has 2 rings (SSSR count). The van der Waals surface area contributed by atoms with E-state index in [1.54, 1.807) is 0 Å². The fourth-order valence-corrected chi connectivity index (χ4v) is 3.10. The molecule has 19 heavy (non-hydrogen) atoms. The third-order valence-electron chi connectivity index (χ3n) is 3.75. The maximum Gasteiger partial charge on any atom is 0.0927 e. The Morgan fingerprint density at radius 1 is 1.32 bits per heavy atom. The van der Waals surface area contributed by atoms with E-state index in [9.17, 15) is 5.11 Å². The number of halogens is 1. The lowest BCUT2D eigenvalue weighted by Crippen LogP contribution is -2.33. The van der Waals surface area contributed by atoms with Crippen LogP contribution in [0.1, 0.15) is 24.5 Å². The highest BCUT2D eigenvalue weighted by molar-refractivity contribution is 9.10. The summed E-state index contributed by atoms with van der Waals surface area (Å²) in [6, 6.07) is 7.89. The number of aliphatic hydroxyl groups is 1. The molecular formula is C15H23BrN2O. The van der Waals surface area contributed by atoms with E-state index in [1.165, 1.54) is 25.9 Å². The van der Waals surface area contributed by atoms with E-state index in [1.807, 2.05) is 24.3 Å². The molecule has 0 amide bonds. The van der Waals surface area contributed by atoms with Crippen LogP contribution in [-0.2, 0) is 0 Å². The number of benzene rings is 1. The minimum Gasteiger partial charge on any atom is -0.387 e. The molecule has 0 aromatic heterocycles. The molecule has 1 atom stereocenters. The summed E-state index contributed by atoms with van der Waals surface area (Å²) in [5.74, 6) is 0. The van der Waals surface area contributed by atoms with Crippen molar-refractivity contribution in [3.05, 3.63) is 34.3 Å². The second-order valence-electron chi connectivity index (χ2n) is 5.35. The zero-order chi connectivity index (χ0) is 13.7. The molecule has 0 aliphatic carbocycles. The smallest absolute Gasteiger partial charge is 0.0927 e. The standard InChI is InChI=1S/C15H23BrN2O/c1-17(10-11-18-8-4-5-9-18)12-15(19)13-6-2-3-7-14(13)16/h2-3,6-7,15,19H,4-5,8-12H2,1H3. The van der Waals surface area contributed by atoms with Crippen LogP contribution in [0.2, 0.25) is 0 Å². The Morgan fingerprint density at radius 2 is 2.00 bits per heavy atom. The number of likely N-dealkylation sites (N-methyl/N-ethyl adjacent to an activating group) is 1. The van der Waals surface area contributed by atoms with Crippen molar-refractivity contribution in [2.45, 2.75) is 18.9 Å². The maximum atomic E-state index is 10.3. The molecule has 1 fully saturated rings. The Balaban J connectivity index is 1.78. The summed E-state index contributed by atoms with van der Waals surface area (Å²) in [6.07, 6.45) is 2.24. The molecule has 1 saturated heterocycles. The molecule has 3 nitrogen and oxygen atoms in total. The topological polar surface area (TPSA) is 26.7 Å². The van der Waals surface area contributed by atoms with E-state index in [4.69, 9.17) is 0 Å². The Labute approximate surface area is 124 Å². The Kier molecular flexibility index (Phi) is 5.82. The van der Waals surface area contributed by atoms with Crippen LogP contribution in [0.15, 0.2) is 28.7 Å². The molecule has 1 aromatic carbocycles. The van der Waals surface area contributed by atoms with Gasteiger partial charge in [0.05, 0.1) is 6.10 Å². The molecule has 1 heterocycles. The van der Waals surface area contributed by atoms with Gasteiger partial charge in [-0.25, -0.2) is 0 Å². The molecule has 1 aliphatic heterocycles. The average Bonchev–Trinajstić information content (AvgIpc) is 2.90. The van der Waals surface area contributed by atoms with Crippen molar-refractivity contribution in [2.24, 2.45) is 0 Å². The van der Waals surface area contributed by atoms with Gasteiger partial charge in [-0.05, 0) is 44.6 Å². The number of nitrogens with zero attached hydrogens (tertiary/aromatic N) is 2. The molecule has 4 heteroatoms. The zero-order valence-electron chi connectivity index (χ0n) is 11.6. The van der Waals surface area contributed by atoms with Gasteiger partial charge in [0, 0.05) is 24.1 Å². The second-order valence-corrected chi connectivity index (χ2v) is 6.20. The fourth-order valence-electron chi connectivity index (χ4n) is 2.55. The lowest BCUT2D eigenvalue weighted by Gasteiger charge is -2.24. The molecule has 1 aliphatic rings. The van der Waals surface area contributed by atoms with E-state index in [0.29, 0.717) is 6.54 Å². The molecule has 1 unspecified atom stereocenters. The van der Waals surface area contributed by atoms with Gasteiger partial charge in [0.25, 0.3) is 0 Å². The highest BCUT2D eigenvalue weighted by Crippen LogP contribution is 2.23. The number of rotatable bonds is 6. The van der Waals surface area contributed by atoms with Crippen LogP contribution in [0.4, 0.5) is 0 Å². The molecule has 0 spiro atoms. The van der Waals surface area contributed by atoms with Crippen LogP contribution in [0.25, 0.3) is 0 Å². The lowest BCUT2D eigenvalue weighted by atomic mass is 10.1. The molecule has 0 saturated carbocycles. The fraction of sp³-hybridized carbons (Fsp3) is 0.600. The van der Waals surface area contributed by atoms with E-state index < -0.39 is 6.10 Å². The largest absolute Gasteiger partial charge is 0.387 e. The predicted molar refractivity (Wildman–Crippen MR) is 82.3 cm³/mol.